The van der Waals surface area contributed by atoms with E-state index in [1.54, 1.807) is 42.6 Å². The predicted octanol–water partition coefficient (Wildman–Crippen LogP) is 3.61. The normalized spacial score (nSPS) is 11.1. The van der Waals surface area contributed by atoms with Gasteiger partial charge in [0.25, 0.3) is 10.0 Å². The van der Waals surface area contributed by atoms with Crippen LogP contribution in [0.3, 0.4) is 0 Å². The molecule has 1 aromatic heterocycles. The Hall–Kier alpha value is -3.11. The lowest BCUT2D eigenvalue weighted by Crippen LogP contribution is -2.14. The minimum Gasteiger partial charge on any atom is -0.492 e. The van der Waals surface area contributed by atoms with E-state index in [0.717, 1.165) is 5.56 Å². The van der Waals surface area contributed by atoms with Crippen LogP contribution >= 0.6 is 0 Å². The molecule has 0 unspecified atom stereocenters. The summed E-state index contributed by atoms with van der Waals surface area (Å²) >= 11 is 0. The second-order valence-electron chi connectivity index (χ2n) is 5.66. The van der Waals surface area contributed by atoms with Crippen LogP contribution in [0.25, 0.3) is 10.9 Å². The number of hydrogen-bond acceptors (Lipinski definition) is 5. The van der Waals surface area contributed by atoms with Crippen LogP contribution in [0.15, 0.2) is 53.6 Å². The van der Waals surface area contributed by atoms with Crippen LogP contribution in [0.1, 0.15) is 18.1 Å². The third kappa shape index (κ3) is 3.32. The van der Waals surface area contributed by atoms with Crippen LogP contribution in [0.5, 0.6) is 5.75 Å². The number of anilines is 1. The lowest BCUT2D eigenvalue weighted by Gasteiger charge is -2.14. The van der Waals surface area contributed by atoms with Gasteiger partial charge in [0.2, 0.25) is 0 Å². The molecule has 7 heteroatoms. The Kier molecular flexibility index (Phi) is 4.78. The average molecular weight is 367 g/mol. The molecule has 0 saturated carbocycles. The Morgan fingerprint density at radius 3 is 2.77 bits per heavy atom. The Morgan fingerprint density at radius 2 is 2.04 bits per heavy atom. The van der Waals surface area contributed by atoms with Gasteiger partial charge in [0.15, 0.2) is 0 Å². The molecule has 0 spiro atoms. The van der Waals surface area contributed by atoms with Gasteiger partial charge in [-0.1, -0.05) is 6.07 Å². The molecule has 1 N–H and O–H groups in total. The number of aryl methyl sites for hydroxylation is 1. The molecule has 132 valence electrons. The molecule has 3 aromatic rings. The molecular weight excluding hydrogens is 350 g/mol. The van der Waals surface area contributed by atoms with E-state index in [1.165, 1.54) is 6.07 Å². The van der Waals surface area contributed by atoms with Gasteiger partial charge in [0, 0.05) is 11.6 Å². The Labute approximate surface area is 152 Å². The van der Waals surface area contributed by atoms with E-state index in [2.05, 4.69) is 9.71 Å². The number of pyridine rings is 1. The van der Waals surface area contributed by atoms with Gasteiger partial charge in [-0.15, -0.1) is 0 Å². The molecule has 3 rings (SSSR count). The summed E-state index contributed by atoms with van der Waals surface area (Å²) in [6, 6.07) is 13.4. The number of ether oxygens (including phenoxy) is 1. The van der Waals surface area contributed by atoms with E-state index in [0.29, 0.717) is 23.3 Å². The van der Waals surface area contributed by atoms with Gasteiger partial charge in [-0.25, -0.2) is 8.42 Å². The van der Waals surface area contributed by atoms with Crippen molar-refractivity contribution in [3.8, 4) is 11.8 Å². The SMILES string of the molecule is CCOc1ccc(S(=O)(=O)Nc2cc(C)ccc2C#N)c2cccnc12. The van der Waals surface area contributed by atoms with Gasteiger partial charge in [0.1, 0.15) is 17.3 Å². The number of nitrogens with one attached hydrogen (secondary N) is 1. The lowest BCUT2D eigenvalue weighted by atomic mass is 10.1. The highest BCUT2D eigenvalue weighted by molar-refractivity contribution is 7.93. The number of hydrogen-bond donors (Lipinski definition) is 1. The summed E-state index contributed by atoms with van der Waals surface area (Å²) in [5, 5.41) is 9.69. The van der Waals surface area contributed by atoms with E-state index >= 15 is 0 Å². The fourth-order valence-electron chi connectivity index (χ4n) is 2.67. The summed E-state index contributed by atoms with van der Waals surface area (Å²) in [7, 11) is -3.92. The standard InChI is InChI=1S/C19H17N3O3S/c1-3-25-17-8-9-18(15-5-4-10-21-19(15)17)26(23,24)22-16-11-13(2)6-7-14(16)12-20/h4-11,22H,3H2,1-2H3. The number of nitrogens with zero attached hydrogens (tertiary/aromatic N) is 2. The minimum absolute atomic E-state index is 0.0782. The first-order valence-electron chi connectivity index (χ1n) is 8.00. The molecule has 1 heterocycles. The number of fused-ring (bicyclic) bond motifs is 1. The zero-order valence-corrected chi connectivity index (χ0v) is 15.2. The second kappa shape index (κ2) is 7.02. The number of nitriles is 1. The summed E-state index contributed by atoms with van der Waals surface area (Å²) in [6.45, 7) is 4.13. The van der Waals surface area contributed by atoms with Crippen molar-refractivity contribution in [1.29, 1.82) is 5.26 Å². The van der Waals surface area contributed by atoms with E-state index in [1.807, 2.05) is 19.9 Å². The maximum atomic E-state index is 13.0. The smallest absolute Gasteiger partial charge is 0.262 e. The van der Waals surface area contributed by atoms with E-state index < -0.39 is 10.0 Å². The predicted molar refractivity (Wildman–Crippen MR) is 99.6 cm³/mol. The number of aromatic nitrogens is 1. The van der Waals surface area contributed by atoms with Crippen molar-refractivity contribution in [3.05, 3.63) is 59.8 Å². The Balaban J connectivity index is 2.13. The summed E-state index contributed by atoms with van der Waals surface area (Å²) in [5.74, 6) is 0.523. The highest BCUT2D eigenvalue weighted by Gasteiger charge is 2.21. The monoisotopic (exact) mass is 367 g/mol. The van der Waals surface area contributed by atoms with Crippen LogP contribution in [0.2, 0.25) is 0 Å². The fourth-order valence-corrected chi connectivity index (χ4v) is 3.94. The molecule has 0 aliphatic carbocycles. The molecule has 2 aromatic carbocycles. The van der Waals surface area contributed by atoms with Crippen LogP contribution in [0, 0.1) is 18.3 Å². The summed E-state index contributed by atoms with van der Waals surface area (Å²) in [6.07, 6.45) is 1.59. The van der Waals surface area contributed by atoms with Crippen molar-refractivity contribution in [2.24, 2.45) is 0 Å². The van der Waals surface area contributed by atoms with Crippen molar-refractivity contribution in [2.75, 3.05) is 11.3 Å². The molecule has 0 atom stereocenters. The fraction of sp³-hybridized carbons (Fsp3) is 0.158. The summed E-state index contributed by atoms with van der Waals surface area (Å²) < 4.78 is 34.0. The van der Waals surface area contributed by atoms with Crippen molar-refractivity contribution in [1.82, 2.24) is 4.98 Å². The highest BCUT2D eigenvalue weighted by Crippen LogP contribution is 2.31. The van der Waals surface area contributed by atoms with Gasteiger partial charge in [-0.05, 0) is 55.8 Å². The van der Waals surface area contributed by atoms with Crippen molar-refractivity contribution in [3.63, 3.8) is 0 Å². The van der Waals surface area contributed by atoms with Crippen LogP contribution in [-0.2, 0) is 10.0 Å². The molecule has 0 bridgehead atoms. The van der Waals surface area contributed by atoms with Gasteiger partial charge < -0.3 is 4.74 Å². The molecule has 0 saturated heterocycles. The third-order valence-corrected chi connectivity index (χ3v) is 5.25. The van der Waals surface area contributed by atoms with Crippen LogP contribution < -0.4 is 9.46 Å². The molecule has 26 heavy (non-hydrogen) atoms. The topological polar surface area (TPSA) is 92.1 Å². The van der Waals surface area contributed by atoms with Gasteiger partial charge in [-0.3, -0.25) is 9.71 Å². The van der Waals surface area contributed by atoms with Crippen LogP contribution in [-0.4, -0.2) is 20.0 Å². The first-order chi connectivity index (χ1) is 12.5. The molecule has 0 aliphatic rings. The second-order valence-corrected chi connectivity index (χ2v) is 7.31. The number of benzene rings is 2. The summed E-state index contributed by atoms with van der Waals surface area (Å²) in [4.78, 5) is 4.34. The van der Waals surface area contributed by atoms with Gasteiger partial charge in [0.05, 0.1) is 22.8 Å². The number of sulfonamides is 1. The lowest BCUT2D eigenvalue weighted by molar-refractivity contribution is 0.343. The van der Waals surface area contributed by atoms with Crippen molar-refractivity contribution >= 4 is 26.6 Å². The quantitative estimate of drug-likeness (QED) is 0.744. The molecule has 0 amide bonds. The average Bonchev–Trinajstić information content (AvgIpc) is 2.62. The Morgan fingerprint density at radius 1 is 1.23 bits per heavy atom. The Bertz CT molecular complexity index is 1120. The van der Waals surface area contributed by atoms with Gasteiger partial charge >= 0.3 is 0 Å². The molecule has 0 aliphatic heterocycles. The van der Waals surface area contributed by atoms with E-state index in [9.17, 15) is 13.7 Å². The van der Waals surface area contributed by atoms with Crippen LogP contribution in [0.4, 0.5) is 5.69 Å². The minimum atomic E-state index is -3.92. The first-order valence-corrected chi connectivity index (χ1v) is 9.48. The molecule has 0 radical (unpaired) electrons. The van der Waals surface area contributed by atoms with E-state index in [4.69, 9.17) is 4.74 Å². The third-order valence-electron chi connectivity index (χ3n) is 3.82. The summed E-state index contributed by atoms with van der Waals surface area (Å²) in [5.41, 5.74) is 1.83. The zero-order valence-electron chi connectivity index (χ0n) is 14.4. The van der Waals surface area contributed by atoms with Crippen molar-refractivity contribution in [2.45, 2.75) is 18.7 Å². The highest BCUT2D eigenvalue weighted by atomic mass is 32.2. The van der Waals surface area contributed by atoms with E-state index in [-0.39, 0.29) is 16.1 Å². The molecule has 6 nitrogen and oxygen atoms in total. The zero-order chi connectivity index (χ0) is 18.7. The van der Waals surface area contributed by atoms with Gasteiger partial charge in [-0.2, -0.15) is 5.26 Å². The van der Waals surface area contributed by atoms with Crippen molar-refractivity contribution < 1.29 is 13.2 Å². The largest absolute Gasteiger partial charge is 0.492 e. The molecule has 0 fully saturated rings. The maximum Gasteiger partial charge on any atom is 0.262 e. The molecular formula is C19H17N3O3S. The first kappa shape index (κ1) is 17.7. The number of rotatable bonds is 5. The maximum absolute atomic E-state index is 13.0.